The first-order valence-electron chi connectivity index (χ1n) is 15.0. The lowest BCUT2D eigenvalue weighted by Crippen LogP contribution is -2.56. The molecule has 2 heterocycles. The second-order valence-electron chi connectivity index (χ2n) is 11.3. The Bertz CT molecular complexity index is 1280. The molecule has 224 valence electrons. The maximum atomic E-state index is 14.4. The average molecular weight is 575 g/mol. The fourth-order valence-electron chi connectivity index (χ4n) is 6.42. The molecule has 0 radical (unpaired) electrons. The van der Waals surface area contributed by atoms with E-state index in [4.69, 9.17) is 9.47 Å². The normalized spacial score (nSPS) is 19.8. The molecule has 2 aliphatic heterocycles. The summed E-state index contributed by atoms with van der Waals surface area (Å²) in [5, 5.41) is 3.10. The Kier molecular flexibility index (Phi) is 10.3. The quantitative estimate of drug-likeness (QED) is 0.350. The molecule has 1 N–H and O–H groups in total. The second-order valence-corrected chi connectivity index (χ2v) is 11.3. The summed E-state index contributed by atoms with van der Waals surface area (Å²) in [6, 6.07) is 23.7. The Morgan fingerprint density at radius 1 is 0.881 bits per heavy atom. The number of piperidine rings is 1. The van der Waals surface area contributed by atoms with Gasteiger partial charge < -0.3 is 19.7 Å². The van der Waals surface area contributed by atoms with Crippen molar-refractivity contribution in [2.45, 2.75) is 38.4 Å². The molecule has 2 saturated heterocycles. The lowest BCUT2D eigenvalue weighted by atomic mass is 9.86. The molecule has 0 bridgehead atoms. The highest BCUT2D eigenvalue weighted by molar-refractivity contribution is 5.75. The summed E-state index contributed by atoms with van der Waals surface area (Å²) in [4.78, 5) is 20.3. The van der Waals surface area contributed by atoms with Gasteiger partial charge in [0.25, 0.3) is 0 Å². The minimum absolute atomic E-state index is 0.0556. The third-order valence-corrected chi connectivity index (χ3v) is 8.65. The van der Waals surface area contributed by atoms with Crippen molar-refractivity contribution in [1.29, 1.82) is 0 Å². The summed E-state index contributed by atoms with van der Waals surface area (Å²) in [5.41, 5.74) is 2.95. The van der Waals surface area contributed by atoms with Crippen molar-refractivity contribution in [2.75, 3.05) is 58.4 Å². The molecule has 3 aromatic rings. The molecule has 5 rings (SSSR count). The van der Waals surface area contributed by atoms with E-state index in [1.54, 1.807) is 20.3 Å². The van der Waals surface area contributed by atoms with E-state index in [2.05, 4.69) is 50.3 Å². The van der Waals surface area contributed by atoms with Crippen molar-refractivity contribution in [3.05, 3.63) is 89.7 Å². The molecule has 0 aromatic heterocycles. The topological polar surface area (TPSA) is 57.3 Å². The largest absolute Gasteiger partial charge is 0.497 e. The number of methoxy groups -OCH3 is 2. The summed E-state index contributed by atoms with van der Waals surface area (Å²) in [6.07, 6.45) is 2.38. The van der Waals surface area contributed by atoms with Crippen molar-refractivity contribution >= 4 is 11.6 Å². The predicted octanol–water partition coefficient (Wildman–Crippen LogP) is 4.95. The summed E-state index contributed by atoms with van der Waals surface area (Å²) in [6.45, 7) is 6.77. The molecule has 8 heteroatoms. The molecule has 2 aliphatic rings. The predicted molar refractivity (Wildman–Crippen MR) is 164 cm³/mol. The van der Waals surface area contributed by atoms with Gasteiger partial charge in [0.15, 0.2) is 0 Å². The number of amides is 1. The van der Waals surface area contributed by atoms with Gasteiger partial charge in [0.05, 0.1) is 19.9 Å². The van der Waals surface area contributed by atoms with Crippen LogP contribution in [0.5, 0.6) is 11.5 Å². The zero-order valence-corrected chi connectivity index (χ0v) is 24.8. The Balaban J connectivity index is 1.20. The lowest BCUT2D eigenvalue weighted by molar-refractivity contribution is -0.121. The Morgan fingerprint density at radius 3 is 2.26 bits per heavy atom. The Hall–Kier alpha value is -3.62. The number of benzene rings is 3. The molecule has 0 saturated carbocycles. The van der Waals surface area contributed by atoms with Gasteiger partial charge in [-0.25, -0.2) is 4.39 Å². The van der Waals surface area contributed by atoms with Crippen LogP contribution < -0.4 is 19.7 Å². The first kappa shape index (κ1) is 29.9. The zero-order valence-electron chi connectivity index (χ0n) is 24.8. The van der Waals surface area contributed by atoms with Crippen LogP contribution in [-0.2, 0) is 17.9 Å². The second kappa shape index (κ2) is 14.5. The third-order valence-electron chi connectivity index (χ3n) is 8.65. The molecular weight excluding hydrogens is 531 g/mol. The molecule has 1 amide bonds. The van der Waals surface area contributed by atoms with Crippen molar-refractivity contribution in [3.8, 4) is 11.5 Å². The van der Waals surface area contributed by atoms with Gasteiger partial charge in [-0.1, -0.05) is 42.5 Å². The van der Waals surface area contributed by atoms with Gasteiger partial charge >= 0.3 is 0 Å². The fraction of sp³-hybridized carbons (Fsp3) is 0.441. The third kappa shape index (κ3) is 7.81. The van der Waals surface area contributed by atoms with Crippen LogP contribution >= 0.6 is 0 Å². The van der Waals surface area contributed by atoms with Crippen LogP contribution in [0.25, 0.3) is 0 Å². The van der Waals surface area contributed by atoms with Gasteiger partial charge in [-0.3, -0.25) is 14.6 Å². The SMILES string of the molecule is COc1cc(CNC(=O)CC[C@H]2CN(Cc3ccccc3)CC[C@H]2N2CCN(c3ccccc3F)CC2)cc(OC)c1. The molecule has 0 aliphatic carbocycles. The number of piperazine rings is 1. The number of carbonyl (C=O) groups excluding carboxylic acids is 1. The molecule has 42 heavy (non-hydrogen) atoms. The van der Waals surface area contributed by atoms with E-state index in [1.165, 1.54) is 11.6 Å². The Labute approximate surface area is 249 Å². The highest BCUT2D eigenvalue weighted by Gasteiger charge is 2.35. The maximum Gasteiger partial charge on any atom is 0.220 e. The van der Waals surface area contributed by atoms with Crippen molar-refractivity contribution in [3.63, 3.8) is 0 Å². The standard InChI is InChI=1S/C34H43FN4O3/c1-41-29-20-27(21-30(22-29)42-2)23-36-34(40)13-12-28-25-37(24-26-8-4-3-5-9-26)15-14-32(28)38-16-18-39(19-17-38)33-11-7-6-10-31(33)35/h3-11,20-22,28,32H,12-19,23-25H2,1-2H3,(H,36,40)/t28-,32+/m0/s1. The monoisotopic (exact) mass is 574 g/mol. The van der Waals surface area contributed by atoms with Crippen LogP contribution in [0.4, 0.5) is 10.1 Å². The van der Waals surface area contributed by atoms with E-state index in [1.807, 2.05) is 30.3 Å². The number of hydrogen-bond donors (Lipinski definition) is 1. The number of carbonyl (C=O) groups is 1. The number of halogens is 1. The van der Waals surface area contributed by atoms with Gasteiger partial charge in [-0.05, 0) is 60.7 Å². The molecule has 0 unspecified atom stereocenters. The van der Waals surface area contributed by atoms with E-state index in [-0.39, 0.29) is 11.7 Å². The highest BCUT2D eigenvalue weighted by Crippen LogP contribution is 2.30. The van der Waals surface area contributed by atoms with Crippen molar-refractivity contribution in [1.82, 2.24) is 15.1 Å². The number of para-hydroxylation sites is 1. The van der Waals surface area contributed by atoms with Gasteiger partial charge in [0.2, 0.25) is 5.91 Å². The number of hydrogen-bond acceptors (Lipinski definition) is 6. The molecular formula is C34H43FN4O3. The van der Waals surface area contributed by atoms with Crippen molar-refractivity contribution in [2.24, 2.45) is 5.92 Å². The average Bonchev–Trinajstić information content (AvgIpc) is 3.03. The number of anilines is 1. The first-order valence-corrected chi connectivity index (χ1v) is 15.0. The maximum absolute atomic E-state index is 14.4. The summed E-state index contributed by atoms with van der Waals surface area (Å²) in [5.74, 6) is 1.69. The number of rotatable bonds is 11. The minimum Gasteiger partial charge on any atom is -0.497 e. The molecule has 0 spiro atoms. The summed E-state index contributed by atoms with van der Waals surface area (Å²) >= 11 is 0. The van der Waals surface area contributed by atoms with Gasteiger partial charge in [0.1, 0.15) is 17.3 Å². The summed E-state index contributed by atoms with van der Waals surface area (Å²) in [7, 11) is 3.25. The molecule has 2 atom stereocenters. The van der Waals surface area contributed by atoms with Crippen LogP contribution in [0, 0.1) is 11.7 Å². The molecule has 2 fully saturated rings. The van der Waals surface area contributed by atoms with E-state index >= 15 is 0 Å². The number of likely N-dealkylation sites (tertiary alicyclic amines) is 1. The fourth-order valence-corrected chi connectivity index (χ4v) is 6.42. The van der Waals surface area contributed by atoms with E-state index in [0.717, 1.165) is 64.2 Å². The summed E-state index contributed by atoms with van der Waals surface area (Å²) < 4.78 is 25.2. The van der Waals surface area contributed by atoms with E-state index in [9.17, 15) is 9.18 Å². The number of nitrogens with one attached hydrogen (secondary N) is 1. The Morgan fingerprint density at radius 2 is 1.57 bits per heavy atom. The van der Waals surface area contributed by atoms with Crippen LogP contribution in [0.2, 0.25) is 0 Å². The lowest BCUT2D eigenvalue weighted by Gasteiger charge is -2.47. The van der Waals surface area contributed by atoms with Crippen LogP contribution in [0.3, 0.4) is 0 Å². The van der Waals surface area contributed by atoms with Crippen LogP contribution in [0.15, 0.2) is 72.8 Å². The van der Waals surface area contributed by atoms with Crippen molar-refractivity contribution < 1.29 is 18.7 Å². The minimum atomic E-state index is -0.156. The van der Waals surface area contributed by atoms with E-state index < -0.39 is 0 Å². The zero-order chi connectivity index (χ0) is 29.3. The number of nitrogens with zero attached hydrogens (tertiary/aromatic N) is 3. The van der Waals surface area contributed by atoms with Gasteiger partial charge in [-0.15, -0.1) is 0 Å². The highest BCUT2D eigenvalue weighted by atomic mass is 19.1. The van der Waals surface area contributed by atoms with Crippen LogP contribution in [0.1, 0.15) is 30.4 Å². The van der Waals surface area contributed by atoms with Gasteiger partial charge in [0, 0.05) is 64.3 Å². The van der Waals surface area contributed by atoms with Gasteiger partial charge in [-0.2, -0.15) is 0 Å². The first-order chi connectivity index (χ1) is 20.5. The molecule has 3 aromatic carbocycles. The molecule has 7 nitrogen and oxygen atoms in total. The number of ether oxygens (including phenoxy) is 2. The van der Waals surface area contributed by atoms with E-state index in [0.29, 0.717) is 42.1 Å². The van der Waals surface area contributed by atoms with Crippen LogP contribution in [-0.4, -0.2) is 75.2 Å². The smallest absolute Gasteiger partial charge is 0.220 e.